The summed E-state index contributed by atoms with van der Waals surface area (Å²) in [6.07, 6.45) is 3.60. The lowest BCUT2D eigenvalue weighted by atomic mass is 10.1. The molecular formula is C10H15N5S. The lowest BCUT2D eigenvalue weighted by Gasteiger charge is -2.23. The molecule has 2 aromatic rings. The fourth-order valence-corrected chi connectivity index (χ4v) is 2.13. The van der Waals surface area contributed by atoms with Gasteiger partial charge in [-0.05, 0) is 13.8 Å². The molecule has 0 bridgehead atoms. The molecule has 2 aromatic heterocycles. The lowest BCUT2D eigenvalue weighted by Crippen LogP contribution is -2.36. The molecule has 86 valence electrons. The Balaban J connectivity index is 2.03. The minimum Gasteiger partial charge on any atom is -0.300 e. The quantitative estimate of drug-likeness (QED) is 0.870. The Labute approximate surface area is 98.5 Å². The predicted octanol–water partition coefficient (Wildman–Crippen LogP) is 1.30. The van der Waals surface area contributed by atoms with Crippen molar-refractivity contribution < 1.29 is 0 Å². The molecule has 0 amide bonds. The molecule has 0 saturated heterocycles. The van der Waals surface area contributed by atoms with Gasteiger partial charge in [0.1, 0.15) is 5.01 Å². The van der Waals surface area contributed by atoms with Gasteiger partial charge in [0.05, 0.1) is 17.4 Å². The van der Waals surface area contributed by atoms with Crippen LogP contribution in [0.5, 0.6) is 0 Å². The molecule has 5 nitrogen and oxygen atoms in total. The van der Waals surface area contributed by atoms with E-state index in [0.717, 1.165) is 17.2 Å². The van der Waals surface area contributed by atoms with Crippen LogP contribution in [0.2, 0.25) is 0 Å². The first-order chi connectivity index (χ1) is 7.59. The highest BCUT2D eigenvalue weighted by molar-refractivity contribution is 7.09. The number of aryl methyl sites for hydroxylation is 1. The van der Waals surface area contributed by atoms with E-state index >= 15 is 0 Å². The van der Waals surface area contributed by atoms with Crippen LogP contribution in [0, 0.1) is 0 Å². The van der Waals surface area contributed by atoms with E-state index in [9.17, 15) is 0 Å². The van der Waals surface area contributed by atoms with Crippen molar-refractivity contribution >= 4 is 11.3 Å². The van der Waals surface area contributed by atoms with Gasteiger partial charge in [0.25, 0.3) is 0 Å². The summed E-state index contributed by atoms with van der Waals surface area (Å²) in [6.45, 7) is 4.97. The maximum atomic E-state index is 4.33. The standard InChI is InChI=1S/C10H15N5S/c1-10(2,9-11-4-5-16-9)12-6-8-7-13-14-15(8)3/h4-5,7,12H,6H2,1-3H3. The van der Waals surface area contributed by atoms with Crippen molar-refractivity contribution in [2.45, 2.75) is 25.9 Å². The number of aromatic nitrogens is 4. The molecule has 2 rings (SSSR count). The van der Waals surface area contributed by atoms with Crippen LogP contribution >= 0.6 is 11.3 Å². The Bertz CT molecular complexity index is 445. The molecule has 0 saturated carbocycles. The van der Waals surface area contributed by atoms with Crippen LogP contribution in [0.3, 0.4) is 0 Å². The molecule has 1 N–H and O–H groups in total. The second-order valence-electron chi connectivity index (χ2n) is 4.16. The van der Waals surface area contributed by atoms with Crippen molar-refractivity contribution in [1.29, 1.82) is 0 Å². The van der Waals surface area contributed by atoms with E-state index < -0.39 is 0 Å². The van der Waals surface area contributed by atoms with Gasteiger partial charge >= 0.3 is 0 Å². The zero-order valence-corrected chi connectivity index (χ0v) is 10.5. The maximum absolute atomic E-state index is 4.33. The van der Waals surface area contributed by atoms with Gasteiger partial charge in [0.15, 0.2) is 0 Å². The van der Waals surface area contributed by atoms with Crippen molar-refractivity contribution in [3.05, 3.63) is 28.5 Å². The lowest BCUT2D eigenvalue weighted by molar-refractivity contribution is 0.392. The average molecular weight is 237 g/mol. The van der Waals surface area contributed by atoms with Crippen LogP contribution in [-0.4, -0.2) is 20.0 Å². The van der Waals surface area contributed by atoms with Crippen molar-refractivity contribution in [3.63, 3.8) is 0 Å². The van der Waals surface area contributed by atoms with Gasteiger partial charge in [-0.1, -0.05) is 5.21 Å². The van der Waals surface area contributed by atoms with E-state index in [-0.39, 0.29) is 5.54 Å². The molecule has 0 radical (unpaired) electrons. The minimum absolute atomic E-state index is 0.127. The Morgan fingerprint density at radius 3 is 2.88 bits per heavy atom. The normalized spacial score (nSPS) is 11.9. The third kappa shape index (κ3) is 2.28. The van der Waals surface area contributed by atoms with Crippen LogP contribution in [0.1, 0.15) is 24.5 Å². The van der Waals surface area contributed by atoms with E-state index in [1.165, 1.54) is 0 Å². The Hall–Kier alpha value is -1.27. The fourth-order valence-electron chi connectivity index (χ4n) is 1.39. The topological polar surface area (TPSA) is 55.6 Å². The molecule has 6 heteroatoms. The Morgan fingerprint density at radius 2 is 2.31 bits per heavy atom. The van der Waals surface area contributed by atoms with Crippen LogP contribution in [0.25, 0.3) is 0 Å². The molecule has 0 aliphatic heterocycles. The second kappa shape index (κ2) is 4.31. The van der Waals surface area contributed by atoms with Gasteiger partial charge in [-0.25, -0.2) is 4.98 Å². The first-order valence-electron chi connectivity index (χ1n) is 5.08. The monoisotopic (exact) mass is 237 g/mol. The predicted molar refractivity (Wildman–Crippen MR) is 63.0 cm³/mol. The third-order valence-corrected chi connectivity index (χ3v) is 3.58. The summed E-state index contributed by atoms with van der Waals surface area (Å²) in [7, 11) is 1.89. The van der Waals surface area contributed by atoms with Crippen molar-refractivity contribution in [3.8, 4) is 0 Å². The molecule has 0 aliphatic carbocycles. The SMILES string of the molecule is Cn1nncc1CNC(C)(C)c1nccs1. The molecule has 0 spiro atoms. The Morgan fingerprint density at radius 1 is 1.50 bits per heavy atom. The summed E-state index contributed by atoms with van der Waals surface area (Å²) >= 11 is 1.66. The zero-order valence-electron chi connectivity index (χ0n) is 9.64. The summed E-state index contributed by atoms with van der Waals surface area (Å²) in [5.41, 5.74) is 0.933. The molecule has 2 heterocycles. The number of rotatable bonds is 4. The van der Waals surface area contributed by atoms with E-state index in [1.807, 2.05) is 18.6 Å². The van der Waals surface area contributed by atoms with E-state index in [4.69, 9.17) is 0 Å². The van der Waals surface area contributed by atoms with Gasteiger partial charge in [0, 0.05) is 25.2 Å². The van der Waals surface area contributed by atoms with Crippen LogP contribution in [0.4, 0.5) is 0 Å². The number of hydrogen-bond acceptors (Lipinski definition) is 5. The summed E-state index contributed by atoms with van der Waals surface area (Å²) in [5, 5.41) is 14.3. The second-order valence-corrected chi connectivity index (χ2v) is 5.06. The largest absolute Gasteiger partial charge is 0.300 e. The summed E-state index contributed by atoms with van der Waals surface area (Å²) in [6, 6.07) is 0. The highest BCUT2D eigenvalue weighted by atomic mass is 32.1. The molecule has 0 unspecified atom stereocenters. The first kappa shape index (κ1) is 11.2. The van der Waals surface area contributed by atoms with Gasteiger partial charge in [-0.15, -0.1) is 16.4 Å². The van der Waals surface area contributed by atoms with Gasteiger partial charge in [0.2, 0.25) is 0 Å². The van der Waals surface area contributed by atoms with Crippen LogP contribution < -0.4 is 5.32 Å². The maximum Gasteiger partial charge on any atom is 0.112 e. The molecule has 0 aromatic carbocycles. The number of nitrogens with one attached hydrogen (secondary N) is 1. The summed E-state index contributed by atoms with van der Waals surface area (Å²) in [4.78, 5) is 4.33. The van der Waals surface area contributed by atoms with Gasteiger partial charge < -0.3 is 5.32 Å². The minimum atomic E-state index is -0.127. The third-order valence-electron chi connectivity index (χ3n) is 2.49. The Kier molecular flexibility index (Phi) is 3.02. The van der Waals surface area contributed by atoms with Crippen molar-refractivity contribution in [2.75, 3.05) is 0 Å². The van der Waals surface area contributed by atoms with Crippen LogP contribution in [-0.2, 0) is 19.1 Å². The van der Waals surface area contributed by atoms with Gasteiger partial charge in [-0.2, -0.15) is 0 Å². The molecule has 0 aliphatic rings. The molecule has 0 fully saturated rings. The summed E-state index contributed by atoms with van der Waals surface area (Å²) < 4.78 is 1.77. The van der Waals surface area contributed by atoms with Crippen molar-refractivity contribution in [1.82, 2.24) is 25.3 Å². The highest BCUT2D eigenvalue weighted by Gasteiger charge is 2.22. The zero-order chi connectivity index (χ0) is 11.6. The van der Waals surface area contributed by atoms with E-state index in [2.05, 4.69) is 34.5 Å². The van der Waals surface area contributed by atoms with E-state index in [1.54, 1.807) is 22.2 Å². The number of thiazole rings is 1. The first-order valence-corrected chi connectivity index (χ1v) is 5.96. The average Bonchev–Trinajstić information content (AvgIpc) is 2.85. The smallest absolute Gasteiger partial charge is 0.112 e. The van der Waals surface area contributed by atoms with Crippen LogP contribution in [0.15, 0.2) is 17.8 Å². The van der Waals surface area contributed by atoms with Gasteiger partial charge in [-0.3, -0.25) is 4.68 Å². The molecular weight excluding hydrogens is 222 g/mol. The fraction of sp³-hybridized carbons (Fsp3) is 0.500. The molecule has 16 heavy (non-hydrogen) atoms. The van der Waals surface area contributed by atoms with Crippen molar-refractivity contribution in [2.24, 2.45) is 7.05 Å². The molecule has 0 atom stereocenters. The highest BCUT2D eigenvalue weighted by Crippen LogP contribution is 2.22. The number of nitrogens with zero attached hydrogens (tertiary/aromatic N) is 4. The number of hydrogen-bond donors (Lipinski definition) is 1. The summed E-state index contributed by atoms with van der Waals surface area (Å²) in [5.74, 6) is 0. The van der Waals surface area contributed by atoms with E-state index in [0.29, 0.717) is 0 Å².